The van der Waals surface area contributed by atoms with Gasteiger partial charge in [-0.3, -0.25) is 9.59 Å². The Balaban J connectivity index is 3.43. The van der Waals surface area contributed by atoms with Gasteiger partial charge in [0.15, 0.2) is 0 Å². The van der Waals surface area contributed by atoms with Gasteiger partial charge in [-0.1, -0.05) is 271 Å². The average Bonchev–Trinajstić information content (AvgIpc) is 3.25. The van der Waals surface area contributed by atoms with E-state index in [1.807, 2.05) is 0 Å². The van der Waals surface area contributed by atoms with E-state index in [2.05, 4.69) is 19.2 Å². The second-order valence-corrected chi connectivity index (χ2v) is 18.9. The third-order valence-electron chi connectivity index (χ3n) is 12.9. The summed E-state index contributed by atoms with van der Waals surface area (Å²) < 4.78 is 5.47. The van der Waals surface area contributed by atoms with Crippen LogP contribution >= 0.6 is 0 Å². The topological polar surface area (TPSA) is 95.9 Å². The van der Waals surface area contributed by atoms with Crippen molar-refractivity contribution in [2.24, 2.45) is 0 Å². The van der Waals surface area contributed by atoms with Gasteiger partial charge in [-0.15, -0.1) is 0 Å². The maximum absolute atomic E-state index is 12.4. The summed E-state index contributed by atoms with van der Waals surface area (Å²) in [6.45, 7) is 4.92. The van der Waals surface area contributed by atoms with E-state index < -0.39 is 12.1 Å². The number of unbranched alkanes of at least 4 members (excludes halogenated alkanes) is 40. The highest BCUT2D eigenvalue weighted by Gasteiger charge is 2.20. The molecule has 358 valence electrons. The standard InChI is InChI=1S/C54H107NO5/c1-3-5-7-9-11-13-15-17-19-20-21-22-23-25-27-32-36-40-44-48-54(59)60-49-45-41-37-33-29-28-31-35-39-43-47-53(58)55-51(50-56)52(57)46-42-38-34-30-26-24-18-16-14-12-10-8-6-4-2/h51-52,56-57H,3-50H2,1-2H3,(H,55,58). The van der Waals surface area contributed by atoms with Crippen LogP contribution in [0.25, 0.3) is 0 Å². The van der Waals surface area contributed by atoms with Crippen molar-refractivity contribution in [3.63, 3.8) is 0 Å². The first-order chi connectivity index (χ1) is 29.5. The van der Waals surface area contributed by atoms with E-state index >= 15 is 0 Å². The predicted octanol–water partition coefficient (Wildman–Crippen LogP) is 16.4. The molecule has 0 radical (unpaired) electrons. The van der Waals surface area contributed by atoms with Gasteiger partial charge < -0.3 is 20.3 Å². The Morgan fingerprint density at radius 1 is 0.400 bits per heavy atom. The number of ether oxygens (including phenoxy) is 1. The van der Waals surface area contributed by atoms with Gasteiger partial charge in [0.05, 0.1) is 25.4 Å². The molecule has 3 N–H and O–H groups in total. The summed E-state index contributed by atoms with van der Waals surface area (Å²) in [6.07, 6.45) is 56.5. The molecule has 0 saturated heterocycles. The van der Waals surface area contributed by atoms with Crippen LogP contribution in [0.2, 0.25) is 0 Å². The van der Waals surface area contributed by atoms with Crippen LogP contribution < -0.4 is 5.32 Å². The smallest absolute Gasteiger partial charge is 0.305 e. The Labute approximate surface area is 375 Å². The van der Waals surface area contributed by atoms with Crippen molar-refractivity contribution in [2.45, 2.75) is 321 Å². The van der Waals surface area contributed by atoms with Gasteiger partial charge >= 0.3 is 5.97 Å². The van der Waals surface area contributed by atoms with E-state index in [4.69, 9.17) is 4.74 Å². The number of aliphatic hydroxyl groups excluding tert-OH is 2. The Bertz CT molecular complexity index is 852. The predicted molar refractivity (Wildman–Crippen MR) is 260 cm³/mol. The van der Waals surface area contributed by atoms with Gasteiger partial charge in [-0.2, -0.15) is 0 Å². The minimum Gasteiger partial charge on any atom is -0.466 e. The van der Waals surface area contributed by atoms with E-state index in [1.54, 1.807) is 0 Å². The highest BCUT2D eigenvalue weighted by molar-refractivity contribution is 5.76. The van der Waals surface area contributed by atoms with Crippen molar-refractivity contribution in [2.75, 3.05) is 13.2 Å². The van der Waals surface area contributed by atoms with Crippen molar-refractivity contribution in [1.82, 2.24) is 5.32 Å². The summed E-state index contributed by atoms with van der Waals surface area (Å²) >= 11 is 0. The van der Waals surface area contributed by atoms with Gasteiger partial charge in [-0.05, 0) is 25.7 Å². The fourth-order valence-electron chi connectivity index (χ4n) is 8.70. The lowest BCUT2D eigenvalue weighted by molar-refractivity contribution is -0.143. The van der Waals surface area contributed by atoms with Crippen LogP contribution in [-0.2, 0) is 14.3 Å². The summed E-state index contributed by atoms with van der Waals surface area (Å²) in [5.41, 5.74) is 0. The molecular formula is C54H107NO5. The van der Waals surface area contributed by atoms with Crippen molar-refractivity contribution < 1.29 is 24.5 Å². The molecule has 0 aromatic heterocycles. The van der Waals surface area contributed by atoms with Crippen LogP contribution in [0, 0.1) is 0 Å². The quantitative estimate of drug-likeness (QED) is 0.0418. The zero-order valence-electron chi connectivity index (χ0n) is 40.7. The van der Waals surface area contributed by atoms with E-state index in [-0.39, 0.29) is 18.5 Å². The molecule has 0 aromatic rings. The Morgan fingerprint density at radius 2 is 0.683 bits per heavy atom. The van der Waals surface area contributed by atoms with Crippen LogP contribution in [0.5, 0.6) is 0 Å². The molecule has 0 aliphatic carbocycles. The second kappa shape index (κ2) is 50.5. The molecule has 6 heteroatoms. The van der Waals surface area contributed by atoms with Gasteiger partial charge in [0, 0.05) is 12.8 Å². The zero-order chi connectivity index (χ0) is 43.7. The highest BCUT2D eigenvalue weighted by Crippen LogP contribution is 2.17. The molecule has 0 saturated carbocycles. The summed E-state index contributed by atoms with van der Waals surface area (Å²) in [7, 11) is 0. The van der Waals surface area contributed by atoms with Crippen molar-refractivity contribution in [3.8, 4) is 0 Å². The molecule has 0 aliphatic heterocycles. The molecular weight excluding hydrogens is 743 g/mol. The Hall–Kier alpha value is -1.14. The third kappa shape index (κ3) is 46.4. The molecule has 1 amide bonds. The van der Waals surface area contributed by atoms with Gasteiger partial charge in [0.1, 0.15) is 0 Å². The highest BCUT2D eigenvalue weighted by atomic mass is 16.5. The van der Waals surface area contributed by atoms with E-state index in [9.17, 15) is 19.8 Å². The van der Waals surface area contributed by atoms with Gasteiger partial charge in [0.25, 0.3) is 0 Å². The van der Waals surface area contributed by atoms with Crippen LogP contribution in [-0.4, -0.2) is 47.4 Å². The number of hydrogen-bond donors (Lipinski definition) is 3. The number of esters is 1. The maximum atomic E-state index is 12.4. The molecule has 0 aliphatic rings. The molecule has 0 fully saturated rings. The fraction of sp³-hybridized carbons (Fsp3) is 0.963. The van der Waals surface area contributed by atoms with E-state index in [1.165, 1.54) is 218 Å². The first-order valence-corrected chi connectivity index (χ1v) is 27.3. The molecule has 0 rings (SSSR count). The minimum atomic E-state index is -0.676. The van der Waals surface area contributed by atoms with Crippen molar-refractivity contribution in [1.29, 1.82) is 0 Å². The summed E-state index contributed by atoms with van der Waals surface area (Å²) in [6, 6.07) is -0.556. The van der Waals surface area contributed by atoms with Crippen molar-refractivity contribution in [3.05, 3.63) is 0 Å². The van der Waals surface area contributed by atoms with Crippen molar-refractivity contribution >= 4 is 11.9 Å². The van der Waals surface area contributed by atoms with Crippen LogP contribution in [0.4, 0.5) is 0 Å². The minimum absolute atomic E-state index is 0.0133. The van der Waals surface area contributed by atoms with Crippen LogP contribution in [0.1, 0.15) is 309 Å². The lowest BCUT2D eigenvalue weighted by Gasteiger charge is -2.22. The lowest BCUT2D eigenvalue weighted by Crippen LogP contribution is -2.45. The maximum Gasteiger partial charge on any atom is 0.305 e. The first-order valence-electron chi connectivity index (χ1n) is 27.3. The van der Waals surface area contributed by atoms with Gasteiger partial charge in [-0.25, -0.2) is 0 Å². The Morgan fingerprint density at radius 3 is 1.02 bits per heavy atom. The van der Waals surface area contributed by atoms with Crippen LogP contribution in [0.3, 0.4) is 0 Å². The summed E-state index contributed by atoms with van der Waals surface area (Å²) in [5.74, 6) is -0.0684. The largest absolute Gasteiger partial charge is 0.466 e. The second-order valence-electron chi connectivity index (χ2n) is 18.9. The number of aliphatic hydroxyl groups is 2. The molecule has 0 spiro atoms. The monoisotopic (exact) mass is 850 g/mol. The fourth-order valence-corrected chi connectivity index (χ4v) is 8.70. The van der Waals surface area contributed by atoms with E-state index in [0.29, 0.717) is 25.9 Å². The normalized spacial score (nSPS) is 12.5. The molecule has 0 bridgehead atoms. The first kappa shape index (κ1) is 58.9. The van der Waals surface area contributed by atoms with Crippen LogP contribution in [0.15, 0.2) is 0 Å². The number of amides is 1. The molecule has 60 heavy (non-hydrogen) atoms. The summed E-state index contributed by atoms with van der Waals surface area (Å²) in [5, 5.41) is 23.2. The SMILES string of the molecule is CCCCCCCCCCCCCCCCCCCCCC(=O)OCCCCCCCCCCCCC(=O)NC(CO)C(O)CCCCCCCCCCCCCCCC. The van der Waals surface area contributed by atoms with E-state index in [0.717, 1.165) is 57.8 Å². The molecule has 2 unspecified atom stereocenters. The number of hydrogen-bond acceptors (Lipinski definition) is 5. The molecule has 6 nitrogen and oxygen atoms in total. The Kier molecular flexibility index (Phi) is 49.5. The molecule has 2 atom stereocenters. The molecule has 0 aromatic carbocycles. The zero-order valence-corrected chi connectivity index (χ0v) is 40.7. The van der Waals surface area contributed by atoms with Gasteiger partial charge in [0.2, 0.25) is 5.91 Å². The average molecular weight is 850 g/mol. The lowest BCUT2D eigenvalue weighted by atomic mass is 10.0. The molecule has 0 heterocycles. The summed E-state index contributed by atoms with van der Waals surface area (Å²) in [4.78, 5) is 24.5. The third-order valence-corrected chi connectivity index (χ3v) is 12.9. The number of rotatable bonds is 51. The number of nitrogens with one attached hydrogen (secondary N) is 1. The number of carbonyl (C=O) groups is 2. The number of carbonyl (C=O) groups excluding carboxylic acids is 2.